The Labute approximate surface area is 118 Å². The van der Waals surface area contributed by atoms with Gasteiger partial charge >= 0.3 is 0 Å². The fourth-order valence-corrected chi connectivity index (χ4v) is 3.84. The van der Waals surface area contributed by atoms with Crippen LogP contribution in [0.5, 0.6) is 0 Å². The maximum absolute atomic E-state index is 12.1. The number of nitrogens with two attached hydrogens (primary N) is 1. The second kappa shape index (κ2) is 5.04. The average Bonchev–Trinajstić information content (AvgIpc) is 2.87. The summed E-state index contributed by atoms with van der Waals surface area (Å²) in [6.45, 7) is 0. The number of hydrogen-bond donors (Lipinski definition) is 2. The Balaban J connectivity index is 2.17. The van der Waals surface area contributed by atoms with Crippen LogP contribution in [0.25, 0.3) is 0 Å². The van der Waals surface area contributed by atoms with E-state index in [1.54, 1.807) is 0 Å². The SMILES string of the molecule is NC(=S)C1(NC(=O)c2sccc2Br)CCCC1. The number of thiophene rings is 1. The average molecular weight is 333 g/mol. The topological polar surface area (TPSA) is 55.1 Å². The molecule has 1 aliphatic carbocycles. The largest absolute Gasteiger partial charge is 0.391 e. The molecule has 17 heavy (non-hydrogen) atoms. The fourth-order valence-electron chi connectivity index (χ4n) is 2.14. The Bertz CT molecular complexity index is 452. The normalized spacial score (nSPS) is 17.9. The summed E-state index contributed by atoms with van der Waals surface area (Å²) in [4.78, 5) is 13.2. The Morgan fingerprint density at radius 2 is 2.18 bits per heavy atom. The standard InChI is InChI=1S/C11H13BrN2OS2/c12-7-3-6-17-8(7)9(15)14-11(10(13)16)4-1-2-5-11/h3,6H,1-2,4-5H2,(H2,13,16)(H,14,15). The van der Waals surface area contributed by atoms with E-state index >= 15 is 0 Å². The number of hydrogen-bond acceptors (Lipinski definition) is 3. The summed E-state index contributed by atoms with van der Waals surface area (Å²) in [5.74, 6) is -0.0958. The zero-order chi connectivity index (χ0) is 12.5. The van der Waals surface area contributed by atoms with Crippen molar-refractivity contribution in [3.63, 3.8) is 0 Å². The minimum Gasteiger partial charge on any atom is -0.391 e. The first-order valence-corrected chi connectivity index (χ1v) is 7.49. The van der Waals surface area contributed by atoms with Crippen molar-refractivity contribution in [2.75, 3.05) is 0 Å². The summed E-state index contributed by atoms with van der Waals surface area (Å²) < 4.78 is 0.816. The second-order valence-electron chi connectivity index (χ2n) is 4.21. The molecule has 0 unspecified atom stereocenters. The van der Waals surface area contributed by atoms with Gasteiger partial charge in [0, 0.05) is 4.47 Å². The van der Waals surface area contributed by atoms with Gasteiger partial charge in [0.2, 0.25) is 0 Å². The number of rotatable bonds is 3. The van der Waals surface area contributed by atoms with Crippen LogP contribution in [0.4, 0.5) is 0 Å². The molecule has 0 radical (unpaired) electrons. The molecule has 0 spiro atoms. The summed E-state index contributed by atoms with van der Waals surface area (Å²) in [6.07, 6.45) is 3.81. The molecule has 1 aromatic rings. The first kappa shape index (κ1) is 13.0. The summed E-state index contributed by atoms with van der Waals surface area (Å²) in [5.41, 5.74) is 5.30. The molecule has 0 bridgehead atoms. The van der Waals surface area contributed by atoms with Crippen molar-refractivity contribution in [3.8, 4) is 0 Å². The fraction of sp³-hybridized carbons (Fsp3) is 0.455. The lowest BCUT2D eigenvalue weighted by molar-refractivity contribution is 0.0928. The molecule has 0 aliphatic heterocycles. The molecule has 3 N–H and O–H groups in total. The van der Waals surface area contributed by atoms with Gasteiger partial charge in [-0.3, -0.25) is 4.79 Å². The second-order valence-corrected chi connectivity index (χ2v) is 6.42. The van der Waals surface area contributed by atoms with E-state index in [0.717, 1.165) is 30.2 Å². The van der Waals surface area contributed by atoms with E-state index in [-0.39, 0.29) is 5.91 Å². The maximum atomic E-state index is 12.1. The van der Waals surface area contributed by atoms with Crippen LogP contribution in [0, 0.1) is 0 Å². The van der Waals surface area contributed by atoms with Gasteiger partial charge in [-0.05, 0) is 40.2 Å². The number of carbonyl (C=O) groups excluding carboxylic acids is 1. The molecule has 1 saturated carbocycles. The zero-order valence-electron chi connectivity index (χ0n) is 9.16. The van der Waals surface area contributed by atoms with E-state index in [9.17, 15) is 4.79 Å². The molecule has 1 heterocycles. The first-order valence-electron chi connectivity index (χ1n) is 5.40. The molecule has 92 valence electrons. The lowest BCUT2D eigenvalue weighted by atomic mass is 9.97. The Kier molecular flexibility index (Phi) is 3.85. The van der Waals surface area contributed by atoms with E-state index in [4.69, 9.17) is 18.0 Å². The van der Waals surface area contributed by atoms with Crippen molar-refractivity contribution < 1.29 is 4.79 Å². The summed E-state index contributed by atoms with van der Waals surface area (Å²) >= 11 is 9.87. The van der Waals surface area contributed by atoms with Gasteiger partial charge in [-0.15, -0.1) is 11.3 Å². The molecule has 0 aromatic carbocycles. The van der Waals surface area contributed by atoms with E-state index < -0.39 is 5.54 Å². The number of carbonyl (C=O) groups is 1. The maximum Gasteiger partial charge on any atom is 0.263 e. The molecule has 1 aliphatic rings. The highest BCUT2D eigenvalue weighted by atomic mass is 79.9. The van der Waals surface area contributed by atoms with Crippen molar-refractivity contribution in [1.29, 1.82) is 0 Å². The van der Waals surface area contributed by atoms with Crippen molar-refractivity contribution >= 4 is 50.4 Å². The number of amides is 1. The number of nitrogens with one attached hydrogen (secondary N) is 1. The van der Waals surface area contributed by atoms with Gasteiger partial charge in [-0.1, -0.05) is 25.1 Å². The molecular formula is C11H13BrN2OS2. The van der Waals surface area contributed by atoms with Crippen LogP contribution in [-0.2, 0) is 0 Å². The lowest BCUT2D eigenvalue weighted by Gasteiger charge is -2.28. The van der Waals surface area contributed by atoms with Crippen LogP contribution in [0.15, 0.2) is 15.9 Å². The van der Waals surface area contributed by atoms with Crippen LogP contribution in [-0.4, -0.2) is 16.4 Å². The van der Waals surface area contributed by atoms with Gasteiger partial charge in [0.25, 0.3) is 5.91 Å². The van der Waals surface area contributed by atoms with Crippen molar-refractivity contribution in [3.05, 3.63) is 20.8 Å². The van der Waals surface area contributed by atoms with Crippen LogP contribution in [0.3, 0.4) is 0 Å². The lowest BCUT2D eigenvalue weighted by Crippen LogP contribution is -2.54. The third-order valence-corrected chi connectivity index (χ3v) is 5.33. The van der Waals surface area contributed by atoms with Gasteiger partial charge in [-0.25, -0.2) is 0 Å². The molecule has 1 amide bonds. The number of halogens is 1. The minimum atomic E-state index is -0.476. The van der Waals surface area contributed by atoms with Crippen LogP contribution < -0.4 is 11.1 Å². The third-order valence-electron chi connectivity index (χ3n) is 3.10. The summed E-state index contributed by atoms with van der Waals surface area (Å²) in [5, 5.41) is 4.89. The van der Waals surface area contributed by atoms with Crippen LogP contribution in [0.2, 0.25) is 0 Å². The Morgan fingerprint density at radius 1 is 1.53 bits per heavy atom. The molecule has 1 aromatic heterocycles. The van der Waals surface area contributed by atoms with Gasteiger partial charge in [-0.2, -0.15) is 0 Å². The van der Waals surface area contributed by atoms with E-state index in [1.807, 2.05) is 11.4 Å². The summed E-state index contributed by atoms with van der Waals surface area (Å²) in [6, 6.07) is 1.86. The Hall–Kier alpha value is -0.460. The first-order chi connectivity index (χ1) is 8.05. The van der Waals surface area contributed by atoms with Crippen molar-refractivity contribution in [2.45, 2.75) is 31.2 Å². The van der Waals surface area contributed by atoms with Gasteiger partial charge < -0.3 is 11.1 Å². The van der Waals surface area contributed by atoms with E-state index in [1.165, 1.54) is 11.3 Å². The predicted molar refractivity (Wildman–Crippen MR) is 77.5 cm³/mol. The van der Waals surface area contributed by atoms with Crippen LogP contribution >= 0.6 is 39.5 Å². The number of thiocarbonyl (C=S) groups is 1. The molecule has 2 rings (SSSR count). The summed E-state index contributed by atoms with van der Waals surface area (Å²) in [7, 11) is 0. The molecule has 3 nitrogen and oxygen atoms in total. The minimum absolute atomic E-state index is 0.0958. The van der Waals surface area contributed by atoms with Crippen molar-refractivity contribution in [2.24, 2.45) is 5.73 Å². The van der Waals surface area contributed by atoms with Gasteiger partial charge in [0.05, 0.1) is 10.5 Å². The van der Waals surface area contributed by atoms with Crippen LogP contribution in [0.1, 0.15) is 35.4 Å². The smallest absolute Gasteiger partial charge is 0.263 e. The highest BCUT2D eigenvalue weighted by molar-refractivity contribution is 9.10. The molecular weight excluding hydrogens is 320 g/mol. The molecule has 1 fully saturated rings. The molecule has 6 heteroatoms. The molecule has 0 saturated heterocycles. The van der Waals surface area contributed by atoms with Gasteiger partial charge in [0.15, 0.2) is 0 Å². The van der Waals surface area contributed by atoms with E-state index in [0.29, 0.717) is 9.87 Å². The van der Waals surface area contributed by atoms with Crippen molar-refractivity contribution in [1.82, 2.24) is 5.32 Å². The van der Waals surface area contributed by atoms with Gasteiger partial charge in [0.1, 0.15) is 4.88 Å². The highest BCUT2D eigenvalue weighted by Crippen LogP contribution is 2.31. The monoisotopic (exact) mass is 332 g/mol. The Morgan fingerprint density at radius 3 is 2.65 bits per heavy atom. The quantitative estimate of drug-likeness (QED) is 0.837. The molecule has 0 atom stereocenters. The highest BCUT2D eigenvalue weighted by Gasteiger charge is 2.38. The predicted octanol–water partition coefficient (Wildman–Crippen LogP) is 2.84. The zero-order valence-corrected chi connectivity index (χ0v) is 12.4. The third kappa shape index (κ3) is 2.53. The van der Waals surface area contributed by atoms with E-state index in [2.05, 4.69) is 21.2 Å².